The molecule has 1 N–H and O–H groups in total. The molecule has 4 rings (SSSR count). The van der Waals surface area contributed by atoms with Gasteiger partial charge in [0, 0.05) is 44.0 Å². The summed E-state index contributed by atoms with van der Waals surface area (Å²) in [5.74, 6) is 0.140. The predicted octanol–water partition coefficient (Wildman–Crippen LogP) is 2.00. The predicted molar refractivity (Wildman–Crippen MR) is 83.2 cm³/mol. The van der Waals surface area contributed by atoms with Crippen LogP contribution in [-0.4, -0.2) is 27.1 Å². The Balaban J connectivity index is 1.61. The Morgan fingerprint density at radius 3 is 3.00 bits per heavy atom. The molecule has 1 fully saturated rings. The van der Waals surface area contributed by atoms with E-state index in [0.29, 0.717) is 0 Å². The summed E-state index contributed by atoms with van der Waals surface area (Å²) in [6.07, 6.45) is 5.97. The standard InChI is InChI=1S/C17H20N4O/c1-20-11-15(10-19-20)16-3-2-6-21(16)17(22)12-4-5-13-8-18-9-14(13)7-12/h4-5,7,10-11,16,18H,2-3,6,8-9H2,1H3. The molecule has 0 aliphatic carbocycles. The van der Waals surface area contributed by atoms with Gasteiger partial charge in [-0.3, -0.25) is 9.48 Å². The van der Waals surface area contributed by atoms with E-state index in [9.17, 15) is 4.79 Å². The van der Waals surface area contributed by atoms with E-state index in [1.807, 2.05) is 30.4 Å². The zero-order chi connectivity index (χ0) is 15.1. The van der Waals surface area contributed by atoms with E-state index in [-0.39, 0.29) is 11.9 Å². The Hall–Kier alpha value is -2.14. The van der Waals surface area contributed by atoms with Gasteiger partial charge >= 0.3 is 0 Å². The molecule has 1 saturated heterocycles. The molecule has 22 heavy (non-hydrogen) atoms. The van der Waals surface area contributed by atoms with Gasteiger partial charge in [0.2, 0.25) is 0 Å². The zero-order valence-electron chi connectivity index (χ0n) is 12.7. The number of hydrogen-bond donors (Lipinski definition) is 1. The minimum atomic E-state index is 0.140. The van der Waals surface area contributed by atoms with E-state index in [1.165, 1.54) is 11.1 Å². The number of nitrogens with zero attached hydrogens (tertiary/aromatic N) is 3. The van der Waals surface area contributed by atoms with Crippen LogP contribution in [-0.2, 0) is 20.1 Å². The summed E-state index contributed by atoms with van der Waals surface area (Å²) < 4.78 is 1.80. The summed E-state index contributed by atoms with van der Waals surface area (Å²) in [7, 11) is 1.91. The van der Waals surface area contributed by atoms with E-state index in [1.54, 1.807) is 4.68 Å². The topological polar surface area (TPSA) is 50.2 Å². The first-order valence-electron chi connectivity index (χ1n) is 7.84. The van der Waals surface area contributed by atoms with Gasteiger partial charge in [-0.2, -0.15) is 5.10 Å². The number of hydrogen-bond acceptors (Lipinski definition) is 3. The lowest BCUT2D eigenvalue weighted by molar-refractivity contribution is 0.0735. The minimum Gasteiger partial charge on any atom is -0.331 e. The van der Waals surface area contributed by atoms with Crippen molar-refractivity contribution in [3.05, 3.63) is 52.8 Å². The molecular weight excluding hydrogens is 276 g/mol. The maximum absolute atomic E-state index is 12.9. The second kappa shape index (κ2) is 5.25. The molecular formula is C17H20N4O. The number of rotatable bonds is 2. The fraction of sp³-hybridized carbons (Fsp3) is 0.412. The van der Waals surface area contributed by atoms with Crippen molar-refractivity contribution in [2.45, 2.75) is 32.0 Å². The third kappa shape index (κ3) is 2.22. The number of likely N-dealkylation sites (tertiary alicyclic amines) is 1. The summed E-state index contributed by atoms with van der Waals surface area (Å²) in [5.41, 5.74) is 4.50. The lowest BCUT2D eigenvalue weighted by Crippen LogP contribution is -2.30. The Bertz CT molecular complexity index is 721. The number of carbonyl (C=O) groups excluding carboxylic acids is 1. The SMILES string of the molecule is Cn1cc(C2CCCN2C(=O)c2ccc3c(c2)CNC3)cn1. The fourth-order valence-electron chi connectivity index (χ4n) is 3.56. The average Bonchev–Trinajstić information content (AvgIpc) is 3.25. The van der Waals surface area contributed by atoms with Crippen LogP contribution < -0.4 is 5.32 Å². The van der Waals surface area contributed by atoms with Crippen molar-refractivity contribution in [3.63, 3.8) is 0 Å². The van der Waals surface area contributed by atoms with E-state index in [2.05, 4.69) is 22.5 Å². The van der Waals surface area contributed by atoms with Gasteiger partial charge < -0.3 is 10.2 Å². The van der Waals surface area contributed by atoms with Crippen LogP contribution in [0.4, 0.5) is 0 Å². The number of carbonyl (C=O) groups is 1. The molecule has 3 heterocycles. The van der Waals surface area contributed by atoms with E-state index < -0.39 is 0 Å². The van der Waals surface area contributed by atoms with Crippen LogP contribution in [0.3, 0.4) is 0 Å². The Morgan fingerprint density at radius 2 is 2.18 bits per heavy atom. The summed E-state index contributed by atoms with van der Waals surface area (Å²) in [4.78, 5) is 14.9. The normalized spacial score (nSPS) is 20.4. The van der Waals surface area contributed by atoms with Crippen LogP contribution in [0, 0.1) is 0 Å². The van der Waals surface area contributed by atoms with Crippen molar-refractivity contribution in [3.8, 4) is 0 Å². The van der Waals surface area contributed by atoms with Gasteiger partial charge in [-0.15, -0.1) is 0 Å². The second-order valence-electron chi connectivity index (χ2n) is 6.19. The number of fused-ring (bicyclic) bond motifs is 1. The highest BCUT2D eigenvalue weighted by Gasteiger charge is 2.31. The molecule has 114 valence electrons. The smallest absolute Gasteiger partial charge is 0.254 e. The molecule has 2 aliphatic heterocycles. The molecule has 5 nitrogen and oxygen atoms in total. The van der Waals surface area contributed by atoms with Crippen molar-refractivity contribution in [2.75, 3.05) is 6.54 Å². The highest BCUT2D eigenvalue weighted by molar-refractivity contribution is 5.95. The van der Waals surface area contributed by atoms with Crippen molar-refractivity contribution in [1.29, 1.82) is 0 Å². The minimum absolute atomic E-state index is 0.140. The first-order chi connectivity index (χ1) is 10.7. The Morgan fingerprint density at radius 1 is 1.32 bits per heavy atom. The van der Waals surface area contributed by atoms with Crippen LogP contribution >= 0.6 is 0 Å². The molecule has 1 unspecified atom stereocenters. The van der Waals surface area contributed by atoms with Gasteiger partial charge in [-0.05, 0) is 36.1 Å². The molecule has 1 aromatic carbocycles. The first kappa shape index (κ1) is 13.5. The van der Waals surface area contributed by atoms with Crippen LogP contribution in [0.1, 0.15) is 45.9 Å². The van der Waals surface area contributed by atoms with Crippen molar-refractivity contribution >= 4 is 5.91 Å². The molecule has 5 heteroatoms. The van der Waals surface area contributed by atoms with Crippen LogP contribution in [0.2, 0.25) is 0 Å². The van der Waals surface area contributed by atoms with Crippen molar-refractivity contribution in [1.82, 2.24) is 20.0 Å². The van der Waals surface area contributed by atoms with Crippen LogP contribution in [0.5, 0.6) is 0 Å². The highest BCUT2D eigenvalue weighted by Crippen LogP contribution is 2.33. The number of benzene rings is 1. The monoisotopic (exact) mass is 296 g/mol. The maximum Gasteiger partial charge on any atom is 0.254 e. The summed E-state index contributed by atoms with van der Waals surface area (Å²) in [6, 6.07) is 6.26. The molecule has 2 aromatic rings. The van der Waals surface area contributed by atoms with Crippen molar-refractivity contribution in [2.24, 2.45) is 7.05 Å². The largest absolute Gasteiger partial charge is 0.331 e. The number of aryl methyl sites for hydroxylation is 1. The zero-order valence-corrected chi connectivity index (χ0v) is 12.7. The van der Waals surface area contributed by atoms with Crippen molar-refractivity contribution < 1.29 is 4.79 Å². The summed E-state index contributed by atoms with van der Waals surface area (Å²) in [6.45, 7) is 2.60. The molecule has 1 atom stereocenters. The van der Waals surface area contributed by atoms with Crippen LogP contribution in [0.15, 0.2) is 30.6 Å². The maximum atomic E-state index is 12.9. The number of nitrogens with one attached hydrogen (secondary N) is 1. The lowest BCUT2D eigenvalue weighted by Gasteiger charge is -2.24. The summed E-state index contributed by atoms with van der Waals surface area (Å²) in [5, 5.41) is 7.57. The average molecular weight is 296 g/mol. The third-order valence-corrected chi connectivity index (χ3v) is 4.71. The van der Waals surface area contributed by atoms with Gasteiger partial charge in [-0.1, -0.05) is 6.07 Å². The molecule has 0 radical (unpaired) electrons. The lowest BCUT2D eigenvalue weighted by atomic mass is 10.0. The van der Waals surface area contributed by atoms with Gasteiger partial charge in [0.25, 0.3) is 5.91 Å². The highest BCUT2D eigenvalue weighted by atomic mass is 16.2. The second-order valence-corrected chi connectivity index (χ2v) is 6.19. The molecule has 0 spiro atoms. The molecule has 1 aromatic heterocycles. The number of aromatic nitrogens is 2. The van der Waals surface area contributed by atoms with Gasteiger partial charge in [0.15, 0.2) is 0 Å². The van der Waals surface area contributed by atoms with Gasteiger partial charge in [0.1, 0.15) is 0 Å². The Labute approximate surface area is 129 Å². The Kier molecular flexibility index (Phi) is 3.22. The molecule has 1 amide bonds. The summed E-state index contributed by atoms with van der Waals surface area (Å²) >= 11 is 0. The third-order valence-electron chi connectivity index (χ3n) is 4.71. The van der Waals surface area contributed by atoms with Gasteiger partial charge in [-0.25, -0.2) is 0 Å². The van der Waals surface area contributed by atoms with E-state index in [0.717, 1.165) is 43.6 Å². The van der Waals surface area contributed by atoms with Crippen LogP contribution in [0.25, 0.3) is 0 Å². The number of amides is 1. The van der Waals surface area contributed by atoms with Gasteiger partial charge in [0.05, 0.1) is 12.2 Å². The quantitative estimate of drug-likeness (QED) is 0.922. The van der Waals surface area contributed by atoms with E-state index >= 15 is 0 Å². The van der Waals surface area contributed by atoms with E-state index in [4.69, 9.17) is 0 Å². The molecule has 2 aliphatic rings. The fourth-order valence-corrected chi connectivity index (χ4v) is 3.56. The molecule has 0 bridgehead atoms. The first-order valence-corrected chi connectivity index (χ1v) is 7.84. The molecule has 0 saturated carbocycles.